The highest BCUT2D eigenvalue weighted by molar-refractivity contribution is 6.01. The summed E-state index contributed by atoms with van der Waals surface area (Å²) in [5.74, 6) is -1.38. The van der Waals surface area contributed by atoms with E-state index in [0.29, 0.717) is 0 Å². The lowest BCUT2D eigenvalue weighted by Gasteiger charge is -2.27. The quantitative estimate of drug-likeness (QED) is 0.226. The molecule has 0 amide bonds. The van der Waals surface area contributed by atoms with Crippen LogP contribution in [-0.4, -0.2) is 55.2 Å². The number of Topliss-reactive ketones (excluding diaryl/α,β-unsaturated/α-hetero) is 1. The summed E-state index contributed by atoms with van der Waals surface area (Å²) in [7, 11) is 0. The number of nitro groups is 1. The third-order valence-electron chi connectivity index (χ3n) is 2.88. The summed E-state index contributed by atoms with van der Waals surface area (Å²) in [6.45, 7) is 1.06. The predicted octanol–water partition coefficient (Wildman–Crippen LogP) is -1.06. The van der Waals surface area contributed by atoms with Crippen LogP contribution in [0.2, 0.25) is 0 Å². The van der Waals surface area contributed by atoms with Crippen LogP contribution in [0.4, 0.5) is 0 Å². The Morgan fingerprint density at radius 2 is 1.75 bits per heavy atom. The number of rotatable bonds is 6. The fourth-order valence-electron chi connectivity index (χ4n) is 1.63. The maximum atomic E-state index is 12.0. The van der Waals surface area contributed by atoms with Crippen LogP contribution in [0, 0.1) is 10.1 Å². The van der Waals surface area contributed by atoms with Crippen molar-refractivity contribution in [1.29, 1.82) is 0 Å². The zero-order valence-corrected chi connectivity index (χ0v) is 10.6. The Kier molecular flexibility index (Phi) is 4.90. The summed E-state index contributed by atoms with van der Waals surface area (Å²) in [5, 5.41) is 49.2. The first-order valence-corrected chi connectivity index (χ1v) is 5.73. The van der Waals surface area contributed by atoms with Crippen molar-refractivity contribution >= 4 is 5.78 Å². The minimum absolute atomic E-state index is 0.205. The Bertz CT molecular complexity index is 490. The highest BCUT2D eigenvalue weighted by atomic mass is 16.7. The van der Waals surface area contributed by atoms with Crippen molar-refractivity contribution in [2.75, 3.05) is 0 Å². The van der Waals surface area contributed by atoms with Gasteiger partial charge < -0.3 is 20.4 Å². The molecular weight excluding hydrogens is 270 g/mol. The maximum absolute atomic E-state index is 12.0. The van der Waals surface area contributed by atoms with Crippen molar-refractivity contribution in [3.8, 4) is 0 Å². The van der Waals surface area contributed by atoms with Gasteiger partial charge in [0.05, 0.1) is 11.0 Å². The molecule has 4 atom stereocenters. The number of hydrogen-bond acceptors (Lipinski definition) is 7. The minimum atomic E-state index is -3.45. The van der Waals surface area contributed by atoms with Crippen LogP contribution < -0.4 is 0 Å². The summed E-state index contributed by atoms with van der Waals surface area (Å²) in [6, 6.07) is 6.84. The van der Waals surface area contributed by atoms with Gasteiger partial charge in [-0.05, 0) is 6.92 Å². The summed E-state index contributed by atoms with van der Waals surface area (Å²) >= 11 is 0. The maximum Gasteiger partial charge on any atom is 0.414 e. The number of hydrogen-bond donors (Lipinski definition) is 4. The number of nitrogens with zero attached hydrogens (tertiary/aromatic N) is 1. The molecule has 0 heterocycles. The molecule has 0 saturated heterocycles. The molecule has 4 N–H and O–H groups in total. The van der Waals surface area contributed by atoms with Gasteiger partial charge in [-0.3, -0.25) is 14.9 Å². The topological polar surface area (TPSA) is 141 Å². The lowest BCUT2D eigenvalue weighted by molar-refractivity contribution is -0.617. The fraction of sp³-hybridized carbons (Fsp3) is 0.417. The van der Waals surface area contributed by atoms with Crippen LogP contribution in [0.15, 0.2) is 30.3 Å². The Balaban J connectivity index is 3.22. The lowest BCUT2D eigenvalue weighted by atomic mass is 9.91. The second kappa shape index (κ2) is 6.06. The van der Waals surface area contributed by atoms with Gasteiger partial charge in [0.1, 0.15) is 6.10 Å². The average molecular weight is 285 g/mol. The summed E-state index contributed by atoms with van der Waals surface area (Å²) in [6.07, 6.45) is -6.11. The number of carbonyl (C=O) groups is 1. The van der Waals surface area contributed by atoms with Gasteiger partial charge in [0.25, 0.3) is 5.78 Å². The molecule has 0 bridgehead atoms. The number of aliphatic hydroxyl groups excluding tert-OH is 3. The summed E-state index contributed by atoms with van der Waals surface area (Å²) in [5.41, 5.74) is -3.65. The van der Waals surface area contributed by atoms with Crippen LogP contribution in [0.3, 0.4) is 0 Å². The van der Waals surface area contributed by atoms with E-state index in [2.05, 4.69) is 0 Å². The predicted molar refractivity (Wildman–Crippen MR) is 66.4 cm³/mol. The molecule has 0 spiro atoms. The zero-order valence-electron chi connectivity index (χ0n) is 10.6. The van der Waals surface area contributed by atoms with E-state index in [1.54, 1.807) is 6.07 Å². The fourth-order valence-corrected chi connectivity index (χ4v) is 1.63. The SMILES string of the molecule is C[C@H](O)[C@@H](O)[C@@H](O)[C@](O)(C(=O)c1ccccc1)[N+](=O)[O-]. The Hall–Kier alpha value is -1.87. The first kappa shape index (κ1) is 16.2. The van der Waals surface area contributed by atoms with Gasteiger partial charge in [0, 0.05) is 5.56 Å². The molecule has 1 aromatic rings. The number of carbonyl (C=O) groups excluding carboxylic acids is 1. The van der Waals surface area contributed by atoms with E-state index >= 15 is 0 Å². The third kappa shape index (κ3) is 2.83. The van der Waals surface area contributed by atoms with Crippen molar-refractivity contribution in [3.63, 3.8) is 0 Å². The number of ketones is 1. The molecule has 0 saturated carbocycles. The Morgan fingerprint density at radius 1 is 1.25 bits per heavy atom. The van der Waals surface area contributed by atoms with Gasteiger partial charge in [0.15, 0.2) is 6.10 Å². The van der Waals surface area contributed by atoms with Crippen molar-refractivity contribution in [3.05, 3.63) is 46.0 Å². The normalized spacial score (nSPS) is 18.6. The molecule has 1 aromatic carbocycles. The van der Waals surface area contributed by atoms with Crippen molar-refractivity contribution in [1.82, 2.24) is 0 Å². The van der Waals surface area contributed by atoms with Gasteiger partial charge in [-0.25, -0.2) is 0 Å². The Labute approximate surface area is 114 Å². The average Bonchev–Trinajstić information content (AvgIpc) is 2.44. The van der Waals surface area contributed by atoms with Crippen molar-refractivity contribution in [2.24, 2.45) is 0 Å². The van der Waals surface area contributed by atoms with Gasteiger partial charge in [0.2, 0.25) is 0 Å². The molecule has 8 heteroatoms. The molecule has 8 nitrogen and oxygen atoms in total. The third-order valence-corrected chi connectivity index (χ3v) is 2.88. The number of benzene rings is 1. The Morgan fingerprint density at radius 3 is 2.15 bits per heavy atom. The molecule has 0 unspecified atom stereocenters. The van der Waals surface area contributed by atoms with Crippen LogP contribution in [-0.2, 0) is 0 Å². The van der Waals surface area contributed by atoms with Crippen LogP contribution >= 0.6 is 0 Å². The van der Waals surface area contributed by atoms with Gasteiger partial charge >= 0.3 is 5.72 Å². The molecule has 0 aliphatic carbocycles. The van der Waals surface area contributed by atoms with Gasteiger partial charge in [-0.2, -0.15) is 0 Å². The van der Waals surface area contributed by atoms with Crippen LogP contribution in [0.1, 0.15) is 17.3 Å². The van der Waals surface area contributed by atoms with E-state index in [1.807, 2.05) is 0 Å². The second-order valence-electron chi connectivity index (χ2n) is 4.35. The minimum Gasteiger partial charge on any atom is -0.391 e. The van der Waals surface area contributed by atoms with Crippen molar-refractivity contribution in [2.45, 2.75) is 31.0 Å². The molecular formula is C12H15NO7. The summed E-state index contributed by atoms with van der Waals surface area (Å²) in [4.78, 5) is 21.6. The molecule has 0 aliphatic rings. The van der Waals surface area contributed by atoms with E-state index < -0.39 is 34.7 Å². The lowest BCUT2D eigenvalue weighted by Crippen LogP contribution is -2.61. The van der Waals surface area contributed by atoms with E-state index in [4.69, 9.17) is 5.11 Å². The molecule has 1 rings (SSSR count). The van der Waals surface area contributed by atoms with E-state index in [0.717, 1.165) is 6.92 Å². The number of aliphatic hydroxyl groups is 4. The van der Waals surface area contributed by atoms with Crippen LogP contribution in [0.25, 0.3) is 0 Å². The van der Waals surface area contributed by atoms with Crippen LogP contribution in [0.5, 0.6) is 0 Å². The molecule has 0 radical (unpaired) electrons. The zero-order chi connectivity index (χ0) is 15.5. The standard InChI is InChI=1S/C12H15NO7/c1-7(14)9(15)11(17)12(18,13(19)20)10(16)8-5-3-2-4-6-8/h2-7,9,11,14-15,17-18H,1H3/t7-,9+,11+,12+/m0/s1. The van der Waals surface area contributed by atoms with Gasteiger partial charge in [-0.15, -0.1) is 0 Å². The van der Waals surface area contributed by atoms with E-state index in [9.17, 15) is 30.2 Å². The summed E-state index contributed by atoms with van der Waals surface area (Å²) < 4.78 is 0. The first-order chi connectivity index (χ1) is 9.22. The second-order valence-corrected chi connectivity index (χ2v) is 4.35. The van der Waals surface area contributed by atoms with E-state index in [1.165, 1.54) is 24.3 Å². The van der Waals surface area contributed by atoms with E-state index in [-0.39, 0.29) is 5.56 Å². The first-order valence-electron chi connectivity index (χ1n) is 5.73. The van der Waals surface area contributed by atoms with Crippen molar-refractivity contribution < 1.29 is 30.1 Å². The highest BCUT2D eigenvalue weighted by Crippen LogP contribution is 2.22. The highest BCUT2D eigenvalue weighted by Gasteiger charge is 2.59. The monoisotopic (exact) mass is 285 g/mol. The molecule has 110 valence electrons. The molecule has 0 fully saturated rings. The molecule has 0 aromatic heterocycles. The molecule has 20 heavy (non-hydrogen) atoms. The largest absolute Gasteiger partial charge is 0.414 e. The molecule has 0 aliphatic heterocycles. The smallest absolute Gasteiger partial charge is 0.391 e. The van der Waals surface area contributed by atoms with Gasteiger partial charge in [-0.1, -0.05) is 30.3 Å².